The van der Waals surface area contributed by atoms with Gasteiger partial charge in [-0.25, -0.2) is 9.59 Å². The summed E-state index contributed by atoms with van der Waals surface area (Å²) in [4.78, 5) is 18.2. The molecule has 0 fully saturated rings. The molecule has 7 heteroatoms. The van der Waals surface area contributed by atoms with E-state index >= 15 is 0 Å². The molecule has 0 aromatic heterocycles. The number of hydrogen-bond donors (Lipinski definition) is 3. The van der Waals surface area contributed by atoms with Crippen LogP contribution in [-0.2, 0) is 16.1 Å². The third kappa shape index (κ3) is 7.17. The van der Waals surface area contributed by atoms with E-state index in [0.717, 1.165) is 23.6 Å². The van der Waals surface area contributed by atoms with Gasteiger partial charge in [0.25, 0.3) is 0 Å². The van der Waals surface area contributed by atoms with Gasteiger partial charge < -0.3 is 25.0 Å². The molecule has 0 unspecified atom stereocenters. The van der Waals surface area contributed by atoms with Crippen LogP contribution in [0.1, 0.15) is 19.4 Å². The molecule has 0 saturated carbocycles. The van der Waals surface area contributed by atoms with E-state index in [1.54, 1.807) is 14.2 Å². The zero-order valence-electron chi connectivity index (χ0n) is 12.5. The number of carbonyl (C=O) groups is 2. The lowest BCUT2D eigenvalue weighted by Crippen LogP contribution is -2.22. The molecule has 0 aliphatic carbocycles. The molecule has 21 heavy (non-hydrogen) atoms. The number of hydrogen-bond acceptors (Lipinski definition) is 5. The topological polar surface area (TPSA) is 105 Å². The Morgan fingerprint density at radius 1 is 1.14 bits per heavy atom. The lowest BCUT2D eigenvalue weighted by Gasteiger charge is -2.14. The van der Waals surface area contributed by atoms with Crippen molar-refractivity contribution < 1.29 is 29.3 Å². The van der Waals surface area contributed by atoms with Gasteiger partial charge >= 0.3 is 11.9 Å². The fourth-order valence-corrected chi connectivity index (χ4v) is 1.41. The smallest absolute Gasteiger partial charge is 0.414 e. The molecule has 0 heterocycles. The zero-order valence-corrected chi connectivity index (χ0v) is 12.5. The van der Waals surface area contributed by atoms with Gasteiger partial charge in [-0.1, -0.05) is 26.0 Å². The Bertz CT molecular complexity index is 461. The summed E-state index contributed by atoms with van der Waals surface area (Å²) in [6, 6.07) is 6.37. The number of benzene rings is 1. The summed E-state index contributed by atoms with van der Waals surface area (Å²) in [5, 5.41) is 18.1. The second-order valence-electron chi connectivity index (χ2n) is 4.30. The molecule has 3 N–H and O–H groups in total. The number of nitrogens with one attached hydrogen (secondary N) is 1. The van der Waals surface area contributed by atoms with Crippen molar-refractivity contribution in [1.82, 2.24) is 5.32 Å². The molecule has 118 valence electrons. The second kappa shape index (κ2) is 9.60. The van der Waals surface area contributed by atoms with E-state index in [1.807, 2.05) is 18.2 Å². The maximum Gasteiger partial charge on any atom is 0.414 e. The number of ether oxygens (including phenoxy) is 2. The lowest BCUT2D eigenvalue weighted by atomic mass is 10.1. The Kier molecular flexibility index (Phi) is 8.55. The monoisotopic (exact) mass is 299 g/mol. The van der Waals surface area contributed by atoms with Crippen LogP contribution in [0.5, 0.6) is 11.5 Å². The third-order valence-electron chi connectivity index (χ3n) is 2.37. The maximum atomic E-state index is 9.10. The highest BCUT2D eigenvalue weighted by atomic mass is 16.5. The Morgan fingerprint density at radius 3 is 2.10 bits per heavy atom. The molecule has 0 saturated heterocycles. The first-order valence-electron chi connectivity index (χ1n) is 6.22. The van der Waals surface area contributed by atoms with Crippen LogP contribution in [0, 0.1) is 0 Å². The largest absolute Gasteiger partial charge is 0.493 e. The number of aliphatic carboxylic acids is 2. The Balaban J connectivity index is 0.000000567. The molecule has 0 amide bonds. The molecule has 1 rings (SSSR count). The first-order chi connectivity index (χ1) is 9.83. The number of para-hydroxylation sites is 1. The van der Waals surface area contributed by atoms with Crippen LogP contribution >= 0.6 is 0 Å². The van der Waals surface area contributed by atoms with Crippen LogP contribution in [0.25, 0.3) is 0 Å². The number of carboxylic acid groups (broad SMARTS) is 2. The Labute approximate surface area is 123 Å². The summed E-state index contributed by atoms with van der Waals surface area (Å²) in [6.45, 7) is 5.03. The average molecular weight is 299 g/mol. The van der Waals surface area contributed by atoms with E-state index in [-0.39, 0.29) is 0 Å². The van der Waals surface area contributed by atoms with Crippen LogP contribution < -0.4 is 14.8 Å². The molecule has 7 nitrogen and oxygen atoms in total. The highest BCUT2D eigenvalue weighted by molar-refractivity contribution is 6.27. The lowest BCUT2D eigenvalue weighted by molar-refractivity contribution is -0.159. The van der Waals surface area contributed by atoms with E-state index in [4.69, 9.17) is 29.3 Å². The van der Waals surface area contributed by atoms with Crippen molar-refractivity contribution in [2.75, 3.05) is 14.2 Å². The molecule has 1 aromatic carbocycles. The van der Waals surface area contributed by atoms with E-state index in [0.29, 0.717) is 6.04 Å². The molecule has 0 radical (unpaired) electrons. The zero-order chi connectivity index (χ0) is 16.4. The molecular weight excluding hydrogens is 278 g/mol. The SMILES string of the molecule is COc1cccc(CNC(C)C)c1OC.O=C(O)C(=O)O. The summed E-state index contributed by atoms with van der Waals surface area (Å²) in [5.41, 5.74) is 1.12. The van der Waals surface area contributed by atoms with Gasteiger partial charge in [0.1, 0.15) is 0 Å². The highest BCUT2D eigenvalue weighted by Crippen LogP contribution is 2.30. The van der Waals surface area contributed by atoms with Crippen molar-refractivity contribution in [2.45, 2.75) is 26.4 Å². The Morgan fingerprint density at radius 2 is 1.71 bits per heavy atom. The van der Waals surface area contributed by atoms with Crippen LogP contribution in [0.2, 0.25) is 0 Å². The quantitative estimate of drug-likeness (QED) is 0.705. The predicted octanol–water partition coefficient (Wildman–Crippen LogP) is 1.36. The fourth-order valence-electron chi connectivity index (χ4n) is 1.41. The van der Waals surface area contributed by atoms with Crippen molar-refractivity contribution in [2.24, 2.45) is 0 Å². The summed E-state index contributed by atoms with van der Waals surface area (Å²) >= 11 is 0. The maximum absolute atomic E-state index is 9.10. The van der Waals surface area contributed by atoms with Gasteiger partial charge in [0.15, 0.2) is 11.5 Å². The van der Waals surface area contributed by atoms with Crippen LogP contribution in [0.15, 0.2) is 18.2 Å². The molecule has 0 atom stereocenters. The highest BCUT2D eigenvalue weighted by Gasteiger charge is 2.08. The number of rotatable bonds is 5. The molecule has 0 aliphatic rings. The van der Waals surface area contributed by atoms with Gasteiger partial charge in [0, 0.05) is 18.2 Å². The minimum Gasteiger partial charge on any atom is -0.493 e. The van der Waals surface area contributed by atoms with E-state index in [1.165, 1.54) is 0 Å². The minimum absolute atomic E-state index is 0.459. The van der Waals surface area contributed by atoms with Crippen molar-refractivity contribution in [3.05, 3.63) is 23.8 Å². The van der Waals surface area contributed by atoms with Crippen molar-refractivity contribution in [3.8, 4) is 11.5 Å². The molecule has 0 bridgehead atoms. The van der Waals surface area contributed by atoms with Crippen LogP contribution in [-0.4, -0.2) is 42.4 Å². The van der Waals surface area contributed by atoms with Crippen molar-refractivity contribution in [1.29, 1.82) is 0 Å². The molecule has 1 aromatic rings. The van der Waals surface area contributed by atoms with Gasteiger partial charge in [0.05, 0.1) is 14.2 Å². The molecule has 0 spiro atoms. The summed E-state index contributed by atoms with van der Waals surface area (Å²) in [7, 11) is 3.31. The summed E-state index contributed by atoms with van der Waals surface area (Å²) < 4.78 is 10.6. The van der Waals surface area contributed by atoms with Crippen molar-refractivity contribution >= 4 is 11.9 Å². The van der Waals surface area contributed by atoms with Gasteiger partial charge in [-0.2, -0.15) is 0 Å². The minimum atomic E-state index is -1.82. The first-order valence-corrected chi connectivity index (χ1v) is 6.22. The standard InChI is InChI=1S/C12H19NO2.C2H2O4/c1-9(2)13-8-10-6-5-7-11(14-3)12(10)15-4;3-1(4)2(5)6/h5-7,9,13H,8H2,1-4H3;(H,3,4)(H,5,6). The van der Waals surface area contributed by atoms with E-state index in [2.05, 4.69) is 19.2 Å². The predicted molar refractivity (Wildman–Crippen MR) is 76.8 cm³/mol. The van der Waals surface area contributed by atoms with Gasteiger partial charge in [-0.3, -0.25) is 0 Å². The van der Waals surface area contributed by atoms with E-state index in [9.17, 15) is 0 Å². The Hall–Kier alpha value is -2.28. The van der Waals surface area contributed by atoms with Gasteiger partial charge in [-0.15, -0.1) is 0 Å². The normalized spacial score (nSPS) is 9.57. The fraction of sp³-hybridized carbons (Fsp3) is 0.429. The number of methoxy groups -OCH3 is 2. The first kappa shape index (κ1) is 18.7. The van der Waals surface area contributed by atoms with E-state index < -0.39 is 11.9 Å². The second-order valence-corrected chi connectivity index (χ2v) is 4.30. The average Bonchev–Trinajstić information content (AvgIpc) is 2.44. The number of carboxylic acids is 2. The van der Waals surface area contributed by atoms with Crippen LogP contribution in [0.3, 0.4) is 0 Å². The van der Waals surface area contributed by atoms with Gasteiger partial charge in [0.2, 0.25) is 0 Å². The summed E-state index contributed by atoms with van der Waals surface area (Å²) in [5.74, 6) is -2.06. The summed E-state index contributed by atoms with van der Waals surface area (Å²) in [6.07, 6.45) is 0. The van der Waals surface area contributed by atoms with Gasteiger partial charge in [-0.05, 0) is 6.07 Å². The molecular formula is C14H21NO6. The third-order valence-corrected chi connectivity index (χ3v) is 2.37. The van der Waals surface area contributed by atoms with Crippen molar-refractivity contribution in [3.63, 3.8) is 0 Å². The van der Waals surface area contributed by atoms with Crippen LogP contribution in [0.4, 0.5) is 0 Å². The molecule has 0 aliphatic heterocycles.